The highest BCUT2D eigenvalue weighted by atomic mass is 16.5. The van der Waals surface area contributed by atoms with Crippen molar-refractivity contribution in [1.29, 1.82) is 0 Å². The quantitative estimate of drug-likeness (QED) is 0.623. The number of nitrogens with zero attached hydrogens (tertiary/aromatic N) is 1. The fraction of sp³-hybridized carbons (Fsp3) is 0.471. The number of hydrogen-bond acceptors (Lipinski definition) is 5. The molecule has 6 nitrogen and oxygen atoms in total. The summed E-state index contributed by atoms with van der Waals surface area (Å²) in [6.45, 7) is 3.45. The molecule has 124 valence electrons. The number of benzene rings is 1. The maximum atomic E-state index is 12.6. The average Bonchev–Trinajstić information content (AvgIpc) is 2.55. The Kier molecular flexibility index (Phi) is 5.87. The minimum atomic E-state index is -0.565. The molecular weight excluding hydrogens is 296 g/mol. The van der Waals surface area contributed by atoms with Crippen LogP contribution in [0, 0.1) is 0 Å². The molecule has 1 fully saturated rings. The Hall–Kier alpha value is -2.21. The molecule has 2 rings (SSSR count). The van der Waals surface area contributed by atoms with Crippen LogP contribution in [0.2, 0.25) is 0 Å². The van der Waals surface area contributed by atoms with E-state index in [1.807, 2.05) is 37.3 Å². The SMILES string of the molecule is CCOC(=O)CN1C(=O)C(CC)N[C@@H](Cc2ccccc2)C1=O. The van der Waals surface area contributed by atoms with Crippen molar-refractivity contribution in [2.24, 2.45) is 0 Å². The van der Waals surface area contributed by atoms with Gasteiger partial charge in [0, 0.05) is 0 Å². The summed E-state index contributed by atoms with van der Waals surface area (Å²) >= 11 is 0. The second-order valence-corrected chi connectivity index (χ2v) is 5.44. The van der Waals surface area contributed by atoms with Crippen molar-refractivity contribution in [1.82, 2.24) is 10.2 Å². The van der Waals surface area contributed by atoms with Gasteiger partial charge in [-0.2, -0.15) is 0 Å². The zero-order valence-corrected chi connectivity index (χ0v) is 13.5. The molecule has 1 heterocycles. The van der Waals surface area contributed by atoms with E-state index in [0.717, 1.165) is 10.5 Å². The third kappa shape index (κ3) is 4.16. The Morgan fingerprint density at radius 3 is 2.39 bits per heavy atom. The standard InChI is InChI=1S/C17H22N2O4/c1-3-13-16(21)19(11-15(20)23-4-2)17(22)14(18-13)10-12-8-6-5-7-9-12/h5-9,13-14,18H,3-4,10-11H2,1-2H3/t13?,14-/m0/s1. The number of piperazine rings is 1. The Morgan fingerprint density at radius 1 is 1.13 bits per heavy atom. The van der Waals surface area contributed by atoms with Crippen LogP contribution in [0.15, 0.2) is 30.3 Å². The molecule has 1 aromatic rings. The fourth-order valence-electron chi connectivity index (χ4n) is 2.65. The van der Waals surface area contributed by atoms with Crippen LogP contribution in [0.4, 0.5) is 0 Å². The van der Waals surface area contributed by atoms with Gasteiger partial charge in [-0.1, -0.05) is 37.3 Å². The van der Waals surface area contributed by atoms with E-state index in [1.54, 1.807) is 6.92 Å². The normalized spacial score (nSPS) is 21.4. The van der Waals surface area contributed by atoms with Crippen molar-refractivity contribution in [3.05, 3.63) is 35.9 Å². The maximum Gasteiger partial charge on any atom is 0.326 e. The van der Waals surface area contributed by atoms with Gasteiger partial charge in [0.15, 0.2) is 0 Å². The van der Waals surface area contributed by atoms with Crippen molar-refractivity contribution in [3.8, 4) is 0 Å². The molecule has 1 N–H and O–H groups in total. The second kappa shape index (κ2) is 7.87. The Balaban J connectivity index is 2.15. The third-order valence-corrected chi connectivity index (χ3v) is 3.81. The molecule has 0 saturated carbocycles. The summed E-state index contributed by atoms with van der Waals surface area (Å²) in [7, 11) is 0. The summed E-state index contributed by atoms with van der Waals surface area (Å²) in [4.78, 5) is 37.6. The summed E-state index contributed by atoms with van der Waals surface area (Å²) in [5.41, 5.74) is 0.999. The van der Waals surface area contributed by atoms with Crippen LogP contribution in [-0.2, 0) is 25.5 Å². The minimum absolute atomic E-state index is 0.220. The topological polar surface area (TPSA) is 75.7 Å². The summed E-state index contributed by atoms with van der Waals surface area (Å²) < 4.78 is 4.86. The molecule has 0 radical (unpaired) electrons. The van der Waals surface area contributed by atoms with Gasteiger partial charge < -0.3 is 4.74 Å². The van der Waals surface area contributed by atoms with Crippen molar-refractivity contribution < 1.29 is 19.1 Å². The Labute approximate surface area is 135 Å². The minimum Gasteiger partial charge on any atom is -0.465 e. The molecule has 6 heteroatoms. The first-order valence-corrected chi connectivity index (χ1v) is 7.87. The summed E-state index contributed by atoms with van der Waals surface area (Å²) in [5, 5.41) is 3.09. The maximum absolute atomic E-state index is 12.6. The van der Waals surface area contributed by atoms with Gasteiger partial charge in [0.05, 0.1) is 18.7 Å². The molecule has 0 bridgehead atoms. The van der Waals surface area contributed by atoms with E-state index in [0.29, 0.717) is 12.8 Å². The molecule has 1 unspecified atom stereocenters. The van der Waals surface area contributed by atoms with E-state index < -0.39 is 18.1 Å². The van der Waals surface area contributed by atoms with Crippen LogP contribution >= 0.6 is 0 Å². The Morgan fingerprint density at radius 2 is 1.78 bits per heavy atom. The van der Waals surface area contributed by atoms with E-state index in [2.05, 4.69) is 5.32 Å². The molecule has 23 heavy (non-hydrogen) atoms. The highest BCUT2D eigenvalue weighted by Gasteiger charge is 2.40. The Bertz CT molecular complexity index is 573. The van der Waals surface area contributed by atoms with Gasteiger partial charge in [0.25, 0.3) is 0 Å². The van der Waals surface area contributed by atoms with Crippen molar-refractivity contribution in [2.45, 2.75) is 38.8 Å². The highest BCUT2D eigenvalue weighted by molar-refractivity contribution is 6.04. The molecule has 0 aliphatic carbocycles. The van der Waals surface area contributed by atoms with Gasteiger partial charge >= 0.3 is 5.97 Å². The number of hydrogen-bond donors (Lipinski definition) is 1. The molecule has 0 spiro atoms. The summed E-state index contributed by atoms with van der Waals surface area (Å²) in [5.74, 6) is -1.31. The van der Waals surface area contributed by atoms with Gasteiger partial charge in [-0.25, -0.2) is 0 Å². The van der Waals surface area contributed by atoms with E-state index >= 15 is 0 Å². The number of imide groups is 1. The number of carbonyl (C=O) groups excluding carboxylic acids is 3. The van der Waals surface area contributed by atoms with Gasteiger partial charge in [0.2, 0.25) is 11.8 Å². The lowest BCUT2D eigenvalue weighted by Crippen LogP contribution is -2.64. The zero-order valence-electron chi connectivity index (χ0n) is 13.5. The fourth-order valence-corrected chi connectivity index (χ4v) is 2.65. The first kappa shape index (κ1) is 17.1. The van der Waals surface area contributed by atoms with Crippen LogP contribution in [-0.4, -0.2) is 47.9 Å². The van der Waals surface area contributed by atoms with Crippen LogP contribution in [0.25, 0.3) is 0 Å². The first-order valence-electron chi connectivity index (χ1n) is 7.87. The smallest absolute Gasteiger partial charge is 0.326 e. The first-order chi connectivity index (χ1) is 11.1. The third-order valence-electron chi connectivity index (χ3n) is 3.81. The lowest BCUT2D eigenvalue weighted by Gasteiger charge is -2.36. The van der Waals surface area contributed by atoms with Gasteiger partial charge in [-0.05, 0) is 25.3 Å². The molecule has 2 amide bonds. The lowest BCUT2D eigenvalue weighted by molar-refractivity contribution is -0.160. The zero-order chi connectivity index (χ0) is 16.8. The van der Waals surface area contributed by atoms with E-state index in [-0.39, 0.29) is 25.0 Å². The van der Waals surface area contributed by atoms with Crippen LogP contribution in [0.1, 0.15) is 25.8 Å². The van der Waals surface area contributed by atoms with Crippen LogP contribution in [0.3, 0.4) is 0 Å². The number of nitrogens with one attached hydrogen (secondary N) is 1. The van der Waals surface area contributed by atoms with E-state index in [4.69, 9.17) is 4.74 Å². The van der Waals surface area contributed by atoms with E-state index in [9.17, 15) is 14.4 Å². The molecule has 1 aliphatic heterocycles. The van der Waals surface area contributed by atoms with Crippen molar-refractivity contribution in [3.63, 3.8) is 0 Å². The van der Waals surface area contributed by atoms with E-state index in [1.165, 1.54) is 0 Å². The second-order valence-electron chi connectivity index (χ2n) is 5.44. The van der Waals surface area contributed by atoms with Gasteiger partial charge in [0.1, 0.15) is 6.54 Å². The van der Waals surface area contributed by atoms with Crippen molar-refractivity contribution >= 4 is 17.8 Å². The summed E-state index contributed by atoms with van der Waals surface area (Å²) in [6.07, 6.45) is 1.03. The van der Waals surface area contributed by atoms with Crippen molar-refractivity contribution in [2.75, 3.05) is 13.2 Å². The molecule has 1 aromatic carbocycles. The number of carbonyl (C=O) groups is 3. The molecule has 2 atom stereocenters. The van der Waals surface area contributed by atoms with Crippen LogP contribution < -0.4 is 5.32 Å². The highest BCUT2D eigenvalue weighted by Crippen LogP contribution is 2.14. The number of amides is 2. The predicted octanol–water partition coefficient (Wildman–Crippen LogP) is 0.898. The molecule has 1 aliphatic rings. The number of rotatable bonds is 6. The molecule has 1 saturated heterocycles. The lowest BCUT2D eigenvalue weighted by atomic mass is 9.99. The van der Waals surface area contributed by atoms with Crippen LogP contribution in [0.5, 0.6) is 0 Å². The predicted molar refractivity (Wildman–Crippen MR) is 84.5 cm³/mol. The van der Waals surface area contributed by atoms with Gasteiger partial charge in [-0.3, -0.25) is 24.6 Å². The summed E-state index contributed by atoms with van der Waals surface area (Å²) in [6, 6.07) is 8.60. The monoisotopic (exact) mass is 318 g/mol. The number of ether oxygens (including phenoxy) is 1. The number of esters is 1. The molecular formula is C17H22N2O4. The average molecular weight is 318 g/mol. The molecule has 0 aromatic heterocycles. The largest absolute Gasteiger partial charge is 0.465 e. The van der Waals surface area contributed by atoms with Gasteiger partial charge in [-0.15, -0.1) is 0 Å².